The molecule has 0 atom stereocenters. The molecule has 32 heavy (non-hydrogen) atoms. The third-order valence-corrected chi connectivity index (χ3v) is 5.81. The third kappa shape index (κ3) is 5.03. The van der Waals surface area contributed by atoms with Gasteiger partial charge in [-0.05, 0) is 68.0 Å². The molecule has 1 aliphatic heterocycles. The number of anilines is 2. The van der Waals surface area contributed by atoms with Gasteiger partial charge in [0.2, 0.25) is 18.6 Å². The summed E-state index contributed by atoms with van der Waals surface area (Å²) >= 11 is 0. The number of carbonyl (C=O) groups excluding carboxylic acids is 1. The Bertz CT molecular complexity index is 1280. The molecular formula is C22H20N4O5S. The standard InChI is InChI=1S/C22H20N4O5S/c1-14-11-15(2)24-22(23-14)26-32(28,29)18-7-5-17(6-8-18)25-21(27)10-4-16-3-9-19-20(12-16)31-13-30-19/h3-12H,13H2,1-2H3,(H,25,27)(H,23,24,26). The van der Waals surface area contributed by atoms with Crippen molar-refractivity contribution in [2.45, 2.75) is 18.7 Å². The van der Waals surface area contributed by atoms with E-state index in [1.54, 1.807) is 38.1 Å². The molecule has 0 bridgehead atoms. The monoisotopic (exact) mass is 452 g/mol. The number of amides is 1. The molecule has 0 saturated heterocycles. The summed E-state index contributed by atoms with van der Waals surface area (Å²) in [6.07, 6.45) is 3.02. The van der Waals surface area contributed by atoms with E-state index < -0.39 is 10.0 Å². The number of hydrogen-bond donors (Lipinski definition) is 2. The summed E-state index contributed by atoms with van der Waals surface area (Å²) < 4.78 is 38.1. The Kier molecular flexibility index (Phi) is 5.78. The van der Waals surface area contributed by atoms with Gasteiger partial charge in [0, 0.05) is 23.2 Å². The molecule has 10 heteroatoms. The highest BCUT2D eigenvalue weighted by molar-refractivity contribution is 7.92. The van der Waals surface area contributed by atoms with Gasteiger partial charge in [-0.3, -0.25) is 4.79 Å². The quantitative estimate of drug-likeness (QED) is 0.551. The first-order valence-corrected chi connectivity index (χ1v) is 11.1. The van der Waals surface area contributed by atoms with E-state index in [1.165, 1.54) is 30.3 Å². The minimum atomic E-state index is -3.87. The lowest BCUT2D eigenvalue weighted by atomic mass is 10.2. The fraction of sp³-hybridized carbons (Fsp3) is 0.136. The molecule has 9 nitrogen and oxygen atoms in total. The van der Waals surface area contributed by atoms with Crippen LogP contribution in [0.15, 0.2) is 59.5 Å². The van der Waals surface area contributed by atoms with Gasteiger partial charge in [0.1, 0.15) is 0 Å². The topological polar surface area (TPSA) is 120 Å². The van der Waals surface area contributed by atoms with E-state index in [4.69, 9.17) is 9.47 Å². The first-order valence-electron chi connectivity index (χ1n) is 9.62. The third-order valence-electron chi connectivity index (χ3n) is 4.46. The van der Waals surface area contributed by atoms with Crippen molar-refractivity contribution < 1.29 is 22.7 Å². The fourth-order valence-corrected chi connectivity index (χ4v) is 3.98. The smallest absolute Gasteiger partial charge is 0.264 e. The molecule has 0 unspecified atom stereocenters. The minimum absolute atomic E-state index is 0.00790. The van der Waals surface area contributed by atoms with E-state index in [2.05, 4.69) is 20.0 Å². The van der Waals surface area contributed by atoms with Crippen molar-refractivity contribution in [3.8, 4) is 11.5 Å². The van der Waals surface area contributed by atoms with Crippen LogP contribution in [-0.4, -0.2) is 31.1 Å². The van der Waals surface area contributed by atoms with Crippen molar-refractivity contribution in [1.29, 1.82) is 0 Å². The van der Waals surface area contributed by atoms with Crippen molar-refractivity contribution in [2.24, 2.45) is 0 Å². The first-order chi connectivity index (χ1) is 15.3. The van der Waals surface area contributed by atoms with Crippen LogP contribution < -0.4 is 19.5 Å². The predicted octanol–water partition coefficient (Wildman–Crippen LogP) is 3.27. The molecule has 0 radical (unpaired) electrons. The Morgan fingerprint density at radius 2 is 1.66 bits per heavy atom. The van der Waals surface area contributed by atoms with Crippen LogP contribution >= 0.6 is 0 Å². The number of hydrogen-bond acceptors (Lipinski definition) is 7. The second-order valence-electron chi connectivity index (χ2n) is 7.04. The summed E-state index contributed by atoms with van der Waals surface area (Å²) in [5, 5.41) is 2.69. The van der Waals surface area contributed by atoms with Crippen molar-refractivity contribution in [3.63, 3.8) is 0 Å². The predicted molar refractivity (Wildman–Crippen MR) is 119 cm³/mol. The average molecular weight is 452 g/mol. The van der Waals surface area contributed by atoms with E-state index in [9.17, 15) is 13.2 Å². The van der Waals surface area contributed by atoms with Gasteiger partial charge < -0.3 is 14.8 Å². The largest absolute Gasteiger partial charge is 0.454 e. The molecule has 1 aliphatic rings. The second kappa shape index (κ2) is 8.67. The minimum Gasteiger partial charge on any atom is -0.454 e. The van der Waals surface area contributed by atoms with Crippen molar-refractivity contribution >= 4 is 33.6 Å². The number of aryl methyl sites for hydroxylation is 2. The van der Waals surface area contributed by atoms with Crippen LogP contribution in [0.4, 0.5) is 11.6 Å². The number of ether oxygens (including phenoxy) is 2. The SMILES string of the molecule is Cc1cc(C)nc(NS(=O)(=O)c2ccc(NC(=O)C=Cc3ccc4c(c3)OCO4)cc2)n1. The highest BCUT2D eigenvalue weighted by Gasteiger charge is 2.16. The van der Waals surface area contributed by atoms with Crippen LogP contribution in [-0.2, 0) is 14.8 Å². The lowest BCUT2D eigenvalue weighted by molar-refractivity contribution is -0.111. The Hall–Kier alpha value is -3.92. The summed E-state index contributed by atoms with van der Waals surface area (Å²) in [6, 6.07) is 12.9. The molecule has 2 aromatic carbocycles. The molecule has 0 fully saturated rings. The normalized spacial score (nSPS) is 12.7. The maximum atomic E-state index is 12.6. The molecule has 1 amide bonds. The number of nitrogens with one attached hydrogen (secondary N) is 2. The van der Waals surface area contributed by atoms with E-state index in [1.807, 2.05) is 6.07 Å². The number of fused-ring (bicyclic) bond motifs is 1. The van der Waals surface area contributed by atoms with Crippen LogP contribution in [0.3, 0.4) is 0 Å². The van der Waals surface area contributed by atoms with Crippen molar-refractivity contribution in [1.82, 2.24) is 9.97 Å². The fourth-order valence-electron chi connectivity index (χ4n) is 3.04. The Morgan fingerprint density at radius 3 is 2.38 bits per heavy atom. The zero-order valence-electron chi connectivity index (χ0n) is 17.3. The molecule has 0 saturated carbocycles. The Morgan fingerprint density at radius 1 is 0.969 bits per heavy atom. The maximum Gasteiger partial charge on any atom is 0.264 e. The average Bonchev–Trinajstić information content (AvgIpc) is 3.19. The molecule has 2 N–H and O–H groups in total. The van der Waals surface area contributed by atoms with Gasteiger partial charge in [-0.25, -0.2) is 23.1 Å². The van der Waals surface area contributed by atoms with Gasteiger partial charge in [-0.15, -0.1) is 0 Å². The maximum absolute atomic E-state index is 12.6. The molecule has 164 valence electrons. The lowest BCUT2D eigenvalue weighted by Gasteiger charge is -2.09. The molecule has 3 aromatic rings. The number of aromatic nitrogens is 2. The Labute approximate surface area is 185 Å². The number of rotatable bonds is 6. The van der Waals surface area contributed by atoms with E-state index in [0.29, 0.717) is 28.6 Å². The summed E-state index contributed by atoms with van der Waals surface area (Å²) in [4.78, 5) is 20.4. The molecule has 4 rings (SSSR count). The molecule has 0 aliphatic carbocycles. The molecular weight excluding hydrogens is 432 g/mol. The first kappa shape index (κ1) is 21.3. The molecule has 0 spiro atoms. The van der Waals surface area contributed by atoms with Gasteiger partial charge in [0.25, 0.3) is 10.0 Å². The highest BCUT2D eigenvalue weighted by Crippen LogP contribution is 2.32. The van der Waals surface area contributed by atoms with Crippen LogP contribution in [0, 0.1) is 13.8 Å². The van der Waals surface area contributed by atoms with Crippen LogP contribution in [0.1, 0.15) is 17.0 Å². The van der Waals surface area contributed by atoms with Gasteiger partial charge in [0.15, 0.2) is 11.5 Å². The number of benzene rings is 2. The summed E-state index contributed by atoms with van der Waals surface area (Å²) in [5.74, 6) is 0.943. The summed E-state index contributed by atoms with van der Waals surface area (Å²) in [6.45, 7) is 3.69. The van der Waals surface area contributed by atoms with Crippen LogP contribution in [0.25, 0.3) is 6.08 Å². The van der Waals surface area contributed by atoms with Gasteiger partial charge >= 0.3 is 0 Å². The van der Waals surface area contributed by atoms with Gasteiger partial charge in [0.05, 0.1) is 4.90 Å². The van der Waals surface area contributed by atoms with Gasteiger partial charge in [-0.1, -0.05) is 6.07 Å². The molecule has 2 heterocycles. The van der Waals surface area contributed by atoms with Gasteiger partial charge in [-0.2, -0.15) is 0 Å². The summed E-state index contributed by atoms with van der Waals surface area (Å²) in [5.41, 5.74) is 2.54. The molecule has 1 aromatic heterocycles. The van der Waals surface area contributed by atoms with E-state index in [0.717, 1.165) is 5.56 Å². The summed E-state index contributed by atoms with van der Waals surface area (Å²) in [7, 11) is -3.87. The number of nitrogens with zero attached hydrogens (tertiary/aromatic N) is 2. The highest BCUT2D eigenvalue weighted by atomic mass is 32.2. The number of sulfonamides is 1. The lowest BCUT2D eigenvalue weighted by Crippen LogP contribution is -2.16. The zero-order chi connectivity index (χ0) is 22.7. The number of carbonyl (C=O) groups is 1. The van der Waals surface area contributed by atoms with Crippen molar-refractivity contribution in [3.05, 3.63) is 71.6 Å². The zero-order valence-corrected chi connectivity index (χ0v) is 18.1. The van der Waals surface area contributed by atoms with E-state index in [-0.39, 0.29) is 23.5 Å². The Balaban J connectivity index is 1.40. The van der Waals surface area contributed by atoms with Crippen LogP contribution in [0.5, 0.6) is 11.5 Å². The van der Waals surface area contributed by atoms with E-state index >= 15 is 0 Å². The van der Waals surface area contributed by atoms with Crippen molar-refractivity contribution in [2.75, 3.05) is 16.8 Å². The van der Waals surface area contributed by atoms with Crippen LogP contribution in [0.2, 0.25) is 0 Å². The second-order valence-corrected chi connectivity index (χ2v) is 8.72.